The van der Waals surface area contributed by atoms with E-state index in [1.54, 1.807) is 37.3 Å². The van der Waals surface area contributed by atoms with Gasteiger partial charge in [-0.3, -0.25) is 25.0 Å². The number of hydrogen-bond acceptors (Lipinski definition) is 9. The standard InChI is InChI=1S/C30H23N5O7/c1-18-31-30(42-33-18)27(15-19-5-7-20(8-6-19)22-3-2-4-25(16-22)35(40)41)32-29(37)26-17-23(11-14-28(26)36)21-9-12-24(13-10-21)34(38)39/h2-14,16-17,27,36H,15H2,1H3,(H,32,37)/t27-/m1/s1. The molecule has 0 aliphatic heterocycles. The highest BCUT2D eigenvalue weighted by Gasteiger charge is 2.24. The van der Waals surface area contributed by atoms with E-state index in [-0.39, 0.29) is 35.0 Å². The number of nitro groups is 2. The first-order chi connectivity index (χ1) is 20.2. The minimum absolute atomic E-state index is 0.00638. The number of rotatable bonds is 9. The summed E-state index contributed by atoms with van der Waals surface area (Å²) in [5.41, 5.74) is 3.42. The maximum absolute atomic E-state index is 13.4. The van der Waals surface area contributed by atoms with Gasteiger partial charge in [-0.2, -0.15) is 4.98 Å². The van der Waals surface area contributed by atoms with Crippen LogP contribution in [0, 0.1) is 27.2 Å². The quantitative estimate of drug-likeness (QED) is 0.162. The molecule has 0 saturated carbocycles. The highest BCUT2D eigenvalue weighted by Crippen LogP contribution is 2.29. The van der Waals surface area contributed by atoms with Crippen LogP contribution in [-0.2, 0) is 6.42 Å². The Balaban J connectivity index is 1.38. The second-order valence-electron chi connectivity index (χ2n) is 9.45. The van der Waals surface area contributed by atoms with Crippen LogP contribution in [0.2, 0.25) is 0 Å². The summed E-state index contributed by atoms with van der Waals surface area (Å²) < 4.78 is 5.36. The predicted molar refractivity (Wildman–Crippen MR) is 152 cm³/mol. The minimum atomic E-state index is -0.746. The van der Waals surface area contributed by atoms with Crippen molar-refractivity contribution in [1.82, 2.24) is 15.5 Å². The van der Waals surface area contributed by atoms with Gasteiger partial charge in [-0.05, 0) is 59.0 Å². The van der Waals surface area contributed by atoms with Crippen LogP contribution in [-0.4, -0.2) is 31.0 Å². The Labute approximate surface area is 238 Å². The molecule has 0 bridgehead atoms. The maximum Gasteiger partial charge on any atom is 0.270 e. The Morgan fingerprint density at radius 1 is 0.857 bits per heavy atom. The molecule has 4 aromatic carbocycles. The summed E-state index contributed by atoms with van der Waals surface area (Å²) in [5.74, 6) is -0.284. The van der Waals surface area contributed by atoms with Crippen LogP contribution in [0.5, 0.6) is 5.75 Å². The van der Waals surface area contributed by atoms with Crippen molar-refractivity contribution in [2.75, 3.05) is 0 Å². The van der Waals surface area contributed by atoms with Crippen molar-refractivity contribution in [3.63, 3.8) is 0 Å². The average Bonchev–Trinajstić information content (AvgIpc) is 3.43. The number of phenols is 1. The molecule has 1 amide bonds. The van der Waals surface area contributed by atoms with E-state index in [1.807, 2.05) is 24.3 Å². The van der Waals surface area contributed by atoms with Gasteiger partial charge in [0, 0.05) is 30.7 Å². The first-order valence-electron chi connectivity index (χ1n) is 12.7. The number of non-ortho nitro benzene ring substituents is 2. The number of nitro benzene ring substituents is 2. The summed E-state index contributed by atoms with van der Waals surface area (Å²) in [4.78, 5) is 38.9. The van der Waals surface area contributed by atoms with Gasteiger partial charge < -0.3 is 14.9 Å². The molecule has 0 saturated heterocycles. The number of carbonyl (C=O) groups is 1. The molecule has 0 aliphatic rings. The van der Waals surface area contributed by atoms with E-state index in [0.29, 0.717) is 22.5 Å². The number of nitrogens with one attached hydrogen (secondary N) is 1. The second-order valence-corrected chi connectivity index (χ2v) is 9.45. The smallest absolute Gasteiger partial charge is 0.270 e. The van der Waals surface area contributed by atoms with E-state index in [0.717, 1.165) is 11.1 Å². The van der Waals surface area contributed by atoms with Gasteiger partial charge in [-0.1, -0.05) is 47.6 Å². The number of amides is 1. The van der Waals surface area contributed by atoms with Crippen LogP contribution in [0.25, 0.3) is 22.3 Å². The number of aromatic hydroxyl groups is 1. The third-order valence-corrected chi connectivity index (χ3v) is 6.58. The number of aryl methyl sites for hydroxylation is 1. The van der Waals surface area contributed by atoms with Crippen LogP contribution in [0.1, 0.15) is 33.7 Å². The normalized spacial score (nSPS) is 11.5. The lowest BCUT2D eigenvalue weighted by molar-refractivity contribution is -0.385. The fourth-order valence-electron chi connectivity index (χ4n) is 4.43. The van der Waals surface area contributed by atoms with Crippen molar-refractivity contribution >= 4 is 17.3 Å². The van der Waals surface area contributed by atoms with Crippen molar-refractivity contribution in [2.45, 2.75) is 19.4 Å². The molecule has 1 atom stereocenters. The molecule has 2 N–H and O–H groups in total. The largest absolute Gasteiger partial charge is 0.507 e. The van der Waals surface area contributed by atoms with Crippen LogP contribution in [0.15, 0.2) is 95.5 Å². The van der Waals surface area contributed by atoms with Gasteiger partial charge in [-0.25, -0.2) is 0 Å². The van der Waals surface area contributed by atoms with E-state index in [1.165, 1.54) is 36.4 Å². The number of benzene rings is 4. The Hall–Kier alpha value is -5.91. The molecule has 5 rings (SSSR count). The minimum Gasteiger partial charge on any atom is -0.507 e. The molecule has 1 heterocycles. The zero-order chi connectivity index (χ0) is 29.8. The summed E-state index contributed by atoms with van der Waals surface area (Å²) >= 11 is 0. The molecule has 210 valence electrons. The second kappa shape index (κ2) is 11.7. The van der Waals surface area contributed by atoms with E-state index < -0.39 is 21.8 Å². The molecular weight excluding hydrogens is 542 g/mol. The topological polar surface area (TPSA) is 175 Å². The summed E-state index contributed by atoms with van der Waals surface area (Å²) in [6, 6.07) is 23.2. The lowest BCUT2D eigenvalue weighted by Gasteiger charge is -2.17. The monoisotopic (exact) mass is 565 g/mol. The predicted octanol–water partition coefficient (Wildman–Crippen LogP) is 5.95. The van der Waals surface area contributed by atoms with Gasteiger partial charge in [0.1, 0.15) is 11.8 Å². The van der Waals surface area contributed by atoms with E-state index >= 15 is 0 Å². The molecule has 0 fully saturated rings. The molecule has 1 aromatic heterocycles. The van der Waals surface area contributed by atoms with Crippen LogP contribution in [0.3, 0.4) is 0 Å². The first-order valence-corrected chi connectivity index (χ1v) is 12.7. The number of aromatic nitrogens is 2. The fraction of sp³-hybridized carbons (Fsp3) is 0.100. The van der Waals surface area contributed by atoms with Gasteiger partial charge in [0.25, 0.3) is 17.3 Å². The number of carbonyl (C=O) groups excluding carboxylic acids is 1. The van der Waals surface area contributed by atoms with Crippen molar-refractivity contribution < 1.29 is 24.3 Å². The Kier molecular flexibility index (Phi) is 7.69. The lowest BCUT2D eigenvalue weighted by atomic mass is 9.99. The van der Waals surface area contributed by atoms with Gasteiger partial charge in [0.2, 0.25) is 5.89 Å². The Morgan fingerprint density at radius 2 is 1.48 bits per heavy atom. The summed E-state index contributed by atoms with van der Waals surface area (Å²) in [7, 11) is 0. The van der Waals surface area contributed by atoms with Crippen LogP contribution >= 0.6 is 0 Å². The molecule has 42 heavy (non-hydrogen) atoms. The van der Waals surface area contributed by atoms with Crippen LogP contribution < -0.4 is 5.32 Å². The zero-order valence-corrected chi connectivity index (χ0v) is 22.1. The molecule has 0 unspecified atom stereocenters. The van der Waals surface area contributed by atoms with Crippen molar-refractivity contribution in [3.8, 4) is 28.0 Å². The van der Waals surface area contributed by atoms with Gasteiger partial charge in [0.05, 0.1) is 15.4 Å². The summed E-state index contributed by atoms with van der Waals surface area (Å²) in [6.07, 6.45) is 0.269. The SMILES string of the molecule is Cc1noc([C@@H](Cc2ccc(-c3cccc([N+](=O)[O-])c3)cc2)NC(=O)c2cc(-c3ccc([N+](=O)[O-])cc3)ccc2O)n1. The molecule has 12 heteroatoms. The third-order valence-electron chi connectivity index (χ3n) is 6.58. The van der Waals surface area contributed by atoms with Crippen molar-refractivity contribution in [3.05, 3.63) is 134 Å². The number of nitrogens with zero attached hydrogens (tertiary/aromatic N) is 4. The average molecular weight is 566 g/mol. The highest BCUT2D eigenvalue weighted by molar-refractivity contribution is 5.98. The van der Waals surface area contributed by atoms with Gasteiger partial charge >= 0.3 is 0 Å². The molecule has 0 aliphatic carbocycles. The molecule has 0 spiro atoms. The molecule has 12 nitrogen and oxygen atoms in total. The van der Waals surface area contributed by atoms with Crippen molar-refractivity contribution in [1.29, 1.82) is 0 Å². The highest BCUT2D eigenvalue weighted by atomic mass is 16.6. The molecule has 0 radical (unpaired) electrons. The Morgan fingerprint density at radius 3 is 2.10 bits per heavy atom. The van der Waals surface area contributed by atoms with Crippen molar-refractivity contribution in [2.24, 2.45) is 0 Å². The third kappa shape index (κ3) is 6.12. The number of hydrogen-bond donors (Lipinski definition) is 2. The molecular formula is C30H23N5O7. The van der Waals surface area contributed by atoms with Gasteiger partial charge in [-0.15, -0.1) is 0 Å². The lowest BCUT2D eigenvalue weighted by Crippen LogP contribution is -2.30. The van der Waals surface area contributed by atoms with E-state index in [2.05, 4.69) is 15.5 Å². The fourth-order valence-corrected chi connectivity index (χ4v) is 4.43. The zero-order valence-electron chi connectivity index (χ0n) is 22.1. The number of phenolic OH excluding ortho intramolecular Hbond substituents is 1. The van der Waals surface area contributed by atoms with Gasteiger partial charge in [0.15, 0.2) is 5.82 Å². The summed E-state index contributed by atoms with van der Waals surface area (Å²) in [5, 5.41) is 39.3. The maximum atomic E-state index is 13.4. The first kappa shape index (κ1) is 27.6. The van der Waals surface area contributed by atoms with Crippen LogP contribution in [0.4, 0.5) is 11.4 Å². The summed E-state index contributed by atoms with van der Waals surface area (Å²) in [6.45, 7) is 1.65. The van der Waals surface area contributed by atoms with E-state index in [9.17, 15) is 30.1 Å². The van der Waals surface area contributed by atoms with E-state index in [4.69, 9.17) is 4.52 Å². The molecule has 5 aromatic rings. The Bertz CT molecular complexity index is 1780.